The van der Waals surface area contributed by atoms with Crippen molar-refractivity contribution in [3.63, 3.8) is 0 Å². The molecule has 4 aromatic carbocycles. The molecule has 2 aromatic heterocycles. The highest BCUT2D eigenvalue weighted by Crippen LogP contribution is 2.37. The zero-order chi connectivity index (χ0) is 30.8. The number of fused-ring (bicyclic) bond motifs is 4. The highest BCUT2D eigenvalue weighted by Gasteiger charge is 2.21. The van der Waals surface area contributed by atoms with Crippen LogP contribution >= 0.6 is 0 Å². The van der Waals surface area contributed by atoms with Crippen LogP contribution in [0.1, 0.15) is 69.4 Å². The second-order valence-corrected chi connectivity index (χ2v) is 15.3. The van der Waals surface area contributed by atoms with Gasteiger partial charge in [0.2, 0.25) is 5.69 Å². The van der Waals surface area contributed by atoms with Gasteiger partial charge in [0.25, 0.3) is 0 Å². The van der Waals surface area contributed by atoms with Crippen LogP contribution in [0.5, 0.6) is 0 Å². The van der Waals surface area contributed by atoms with Crippen molar-refractivity contribution < 1.29 is 4.57 Å². The average Bonchev–Trinajstić information content (AvgIpc) is 3.21. The predicted molar refractivity (Wildman–Crippen MR) is 185 cm³/mol. The number of aromatic nitrogens is 2. The minimum atomic E-state index is 0.228. The standard InChI is InChI=1S/C41H47N2/c1-26-19-27(2)28(3)36(20-26)39-33-16-13-32(23-31(33)17-18-42(39)10)43-37-21-29(24-40(4,5)6)11-14-34(37)35-15-12-30(22-38(35)43)25-41(7,8)9/h11-23H,24-25H2,1-10H3/q+1. The van der Waals surface area contributed by atoms with Gasteiger partial charge in [-0.05, 0) is 108 Å². The molecule has 43 heavy (non-hydrogen) atoms. The third-order valence-electron chi connectivity index (χ3n) is 8.81. The average molecular weight is 568 g/mol. The van der Waals surface area contributed by atoms with Gasteiger partial charge in [-0.1, -0.05) is 77.4 Å². The van der Waals surface area contributed by atoms with E-state index in [4.69, 9.17) is 0 Å². The summed E-state index contributed by atoms with van der Waals surface area (Å²) in [4.78, 5) is 0. The molecule has 0 aliphatic carbocycles. The van der Waals surface area contributed by atoms with Gasteiger partial charge in [-0.15, -0.1) is 0 Å². The van der Waals surface area contributed by atoms with Crippen LogP contribution in [0.15, 0.2) is 79.0 Å². The van der Waals surface area contributed by atoms with Gasteiger partial charge in [0.1, 0.15) is 7.05 Å². The lowest BCUT2D eigenvalue weighted by atomic mass is 9.87. The largest absolute Gasteiger partial charge is 0.309 e. The lowest BCUT2D eigenvalue weighted by Gasteiger charge is -2.19. The van der Waals surface area contributed by atoms with E-state index in [2.05, 4.69) is 157 Å². The van der Waals surface area contributed by atoms with Crippen LogP contribution in [0.4, 0.5) is 0 Å². The summed E-state index contributed by atoms with van der Waals surface area (Å²) in [5.74, 6) is 0. The summed E-state index contributed by atoms with van der Waals surface area (Å²) in [5.41, 5.74) is 13.6. The molecule has 0 saturated carbocycles. The molecule has 0 aliphatic rings. The molecular weight excluding hydrogens is 520 g/mol. The van der Waals surface area contributed by atoms with Gasteiger partial charge in [0.05, 0.1) is 22.0 Å². The fraction of sp³-hybridized carbons (Fsp3) is 0.341. The Labute approximate surface area is 258 Å². The van der Waals surface area contributed by atoms with E-state index in [1.54, 1.807) is 0 Å². The van der Waals surface area contributed by atoms with Crippen LogP contribution in [0.2, 0.25) is 0 Å². The molecular formula is C41H47N2+. The Hall–Kier alpha value is -3.91. The highest BCUT2D eigenvalue weighted by atomic mass is 15.0. The zero-order valence-electron chi connectivity index (χ0n) is 27.8. The molecule has 0 radical (unpaired) electrons. The van der Waals surface area contributed by atoms with Gasteiger partial charge in [-0.25, -0.2) is 4.57 Å². The van der Waals surface area contributed by atoms with Crippen molar-refractivity contribution in [3.8, 4) is 16.9 Å². The second-order valence-electron chi connectivity index (χ2n) is 15.3. The van der Waals surface area contributed by atoms with Crippen LogP contribution in [0.3, 0.4) is 0 Å². The summed E-state index contributed by atoms with van der Waals surface area (Å²) in [7, 11) is 2.17. The minimum absolute atomic E-state index is 0.228. The maximum absolute atomic E-state index is 2.51. The summed E-state index contributed by atoms with van der Waals surface area (Å²) >= 11 is 0. The number of rotatable bonds is 4. The number of aryl methyl sites for hydroxylation is 3. The Morgan fingerprint density at radius 1 is 0.628 bits per heavy atom. The van der Waals surface area contributed by atoms with Crippen molar-refractivity contribution in [2.75, 3.05) is 0 Å². The molecule has 0 bridgehead atoms. The highest BCUT2D eigenvalue weighted by molar-refractivity contribution is 6.10. The van der Waals surface area contributed by atoms with E-state index >= 15 is 0 Å². The van der Waals surface area contributed by atoms with E-state index in [-0.39, 0.29) is 10.8 Å². The van der Waals surface area contributed by atoms with Crippen LogP contribution in [-0.2, 0) is 19.9 Å². The van der Waals surface area contributed by atoms with Gasteiger partial charge in [-0.3, -0.25) is 0 Å². The Bertz CT molecular complexity index is 1950. The zero-order valence-corrected chi connectivity index (χ0v) is 27.8. The summed E-state index contributed by atoms with van der Waals surface area (Å²) < 4.78 is 4.79. The molecule has 0 fully saturated rings. The summed E-state index contributed by atoms with van der Waals surface area (Å²) in [5, 5.41) is 5.18. The Morgan fingerprint density at radius 3 is 1.74 bits per heavy atom. The summed E-state index contributed by atoms with van der Waals surface area (Å²) in [6.45, 7) is 20.6. The first-order chi connectivity index (χ1) is 20.2. The third-order valence-corrected chi connectivity index (χ3v) is 8.81. The monoisotopic (exact) mass is 567 g/mol. The van der Waals surface area contributed by atoms with Gasteiger partial charge in [0, 0.05) is 22.5 Å². The number of hydrogen-bond acceptors (Lipinski definition) is 0. The molecule has 0 saturated heterocycles. The number of nitrogens with zero attached hydrogens (tertiary/aromatic N) is 2. The molecule has 6 rings (SSSR count). The number of benzene rings is 4. The van der Waals surface area contributed by atoms with Crippen molar-refractivity contribution in [2.24, 2.45) is 17.9 Å². The van der Waals surface area contributed by atoms with Crippen molar-refractivity contribution in [1.29, 1.82) is 0 Å². The van der Waals surface area contributed by atoms with Gasteiger partial charge < -0.3 is 4.57 Å². The van der Waals surface area contributed by atoms with Crippen LogP contribution < -0.4 is 4.57 Å². The molecule has 0 atom stereocenters. The van der Waals surface area contributed by atoms with E-state index in [0.29, 0.717) is 0 Å². The Morgan fingerprint density at radius 2 is 1.19 bits per heavy atom. The maximum atomic E-state index is 2.51. The van der Waals surface area contributed by atoms with Crippen molar-refractivity contribution >= 4 is 32.6 Å². The van der Waals surface area contributed by atoms with Crippen molar-refractivity contribution in [3.05, 3.63) is 107 Å². The second kappa shape index (κ2) is 10.4. The van der Waals surface area contributed by atoms with Gasteiger partial charge in [-0.2, -0.15) is 0 Å². The van der Waals surface area contributed by atoms with Crippen LogP contribution in [-0.4, -0.2) is 4.57 Å². The molecule has 0 N–H and O–H groups in total. The first kappa shape index (κ1) is 29.2. The molecule has 2 nitrogen and oxygen atoms in total. The fourth-order valence-corrected chi connectivity index (χ4v) is 6.95. The van der Waals surface area contributed by atoms with E-state index in [9.17, 15) is 0 Å². The van der Waals surface area contributed by atoms with Crippen LogP contribution in [0.25, 0.3) is 49.5 Å². The molecule has 2 heterocycles. The molecule has 6 aromatic rings. The molecule has 2 heteroatoms. The number of pyridine rings is 1. The van der Waals surface area contributed by atoms with Crippen molar-refractivity contribution in [2.45, 2.75) is 75.2 Å². The van der Waals surface area contributed by atoms with Gasteiger partial charge >= 0.3 is 0 Å². The van der Waals surface area contributed by atoms with E-state index in [1.165, 1.54) is 77.3 Å². The van der Waals surface area contributed by atoms with Crippen molar-refractivity contribution in [1.82, 2.24) is 4.57 Å². The Balaban J connectivity index is 1.62. The normalized spacial score (nSPS) is 12.6. The molecule has 220 valence electrons. The molecule has 0 spiro atoms. The van der Waals surface area contributed by atoms with Crippen LogP contribution in [0, 0.1) is 31.6 Å². The first-order valence-electron chi connectivity index (χ1n) is 15.8. The molecule has 0 aliphatic heterocycles. The smallest absolute Gasteiger partial charge is 0.220 e. The van der Waals surface area contributed by atoms with E-state index in [1.807, 2.05) is 0 Å². The minimum Gasteiger partial charge on any atom is -0.309 e. The lowest BCUT2D eigenvalue weighted by molar-refractivity contribution is -0.659. The van der Waals surface area contributed by atoms with E-state index < -0.39 is 0 Å². The predicted octanol–water partition coefficient (Wildman–Crippen LogP) is 10.5. The SMILES string of the molecule is Cc1cc(C)c(C)c(-c2c3ccc(-n4c5cc(CC(C)(C)C)ccc5c5ccc(CC(C)(C)C)cc54)cc3cc[n+]2C)c1. The summed E-state index contributed by atoms with van der Waals surface area (Å²) in [6.07, 6.45) is 4.31. The topological polar surface area (TPSA) is 8.81 Å². The fourth-order valence-electron chi connectivity index (χ4n) is 6.95. The lowest BCUT2D eigenvalue weighted by Crippen LogP contribution is -2.30. The Kier molecular flexibility index (Phi) is 7.03. The quantitative estimate of drug-likeness (QED) is 0.187. The third kappa shape index (κ3) is 5.60. The number of hydrogen-bond donors (Lipinski definition) is 0. The molecule has 0 amide bonds. The maximum Gasteiger partial charge on any atom is 0.220 e. The molecule has 0 unspecified atom stereocenters. The summed E-state index contributed by atoms with van der Waals surface area (Å²) in [6, 6.07) is 28.2. The van der Waals surface area contributed by atoms with Gasteiger partial charge in [0.15, 0.2) is 6.20 Å². The first-order valence-corrected chi connectivity index (χ1v) is 15.8. The van der Waals surface area contributed by atoms with E-state index in [0.717, 1.165) is 12.8 Å².